The van der Waals surface area contributed by atoms with E-state index in [1.165, 1.54) is 12.8 Å². The van der Waals surface area contributed by atoms with Crippen molar-refractivity contribution in [1.82, 2.24) is 29.8 Å². The monoisotopic (exact) mass is 484 g/mol. The third kappa shape index (κ3) is 4.72. The highest BCUT2D eigenvalue weighted by molar-refractivity contribution is 5.92. The predicted molar refractivity (Wildman–Crippen MR) is 137 cm³/mol. The van der Waals surface area contributed by atoms with Crippen LogP contribution in [0.15, 0.2) is 48.9 Å². The van der Waals surface area contributed by atoms with Crippen molar-refractivity contribution >= 4 is 34.4 Å². The summed E-state index contributed by atoms with van der Waals surface area (Å²) in [6, 6.07) is 11.7. The number of ether oxygens (including phenoxy) is 1. The maximum Gasteiger partial charge on any atom is 0.269 e. The third-order valence-electron chi connectivity index (χ3n) is 6.57. The average molecular weight is 485 g/mol. The fourth-order valence-corrected chi connectivity index (χ4v) is 4.38. The zero-order valence-electron chi connectivity index (χ0n) is 20.1. The normalized spacial score (nSPS) is 15.8. The topological polar surface area (TPSA) is 110 Å². The molecule has 1 aromatic carbocycles. The average Bonchev–Trinajstić information content (AvgIpc) is 3.66. The lowest BCUT2D eigenvalue weighted by molar-refractivity contribution is 0.0958. The molecule has 10 nitrogen and oxygen atoms in total. The number of nitrogens with one attached hydrogen (secondary N) is 2. The lowest BCUT2D eigenvalue weighted by atomic mass is 10.1. The highest BCUT2D eigenvalue weighted by atomic mass is 16.5. The highest BCUT2D eigenvalue weighted by Gasteiger charge is 2.22. The van der Waals surface area contributed by atoms with Gasteiger partial charge in [-0.05, 0) is 43.0 Å². The first-order valence-corrected chi connectivity index (χ1v) is 12.3. The molecule has 1 saturated heterocycles. The summed E-state index contributed by atoms with van der Waals surface area (Å²) in [6.07, 6.45) is 6.18. The minimum atomic E-state index is -0.226. The zero-order valence-corrected chi connectivity index (χ0v) is 20.1. The van der Waals surface area contributed by atoms with E-state index in [2.05, 4.69) is 48.3 Å². The van der Waals surface area contributed by atoms with Gasteiger partial charge in [-0.1, -0.05) is 6.07 Å². The van der Waals surface area contributed by atoms with Crippen molar-refractivity contribution in [3.05, 3.63) is 54.6 Å². The van der Waals surface area contributed by atoms with E-state index in [-0.39, 0.29) is 5.91 Å². The van der Waals surface area contributed by atoms with Gasteiger partial charge in [0, 0.05) is 38.3 Å². The predicted octanol–water partition coefficient (Wildman–Crippen LogP) is 3.24. The smallest absolute Gasteiger partial charge is 0.269 e. The Kier molecular flexibility index (Phi) is 5.94. The Bertz CT molecular complexity index is 1390. The first-order valence-electron chi connectivity index (χ1n) is 12.3. The van der Waals surface area contributed by atoms with Gasteiger partial charge >= 0.3 is 0 Å². The van der Waals surface area contributed by atoms with Crippen LogP contribution in [-0.4, -0.2) is 63.8 Å². The zero-order chi connectivity index (χ0) is 24.5. The molecule has 3 aromatic heterocycles. The number of nitrogens with zero attached hydrogens (tertiary/aromatic N) is 6. The molecular weight excluding hydrogens is 456 g/mol. The lowest BCUT2D eigenvalue weighted by Gasteiger charge is -2.27. The number of rotatable bonds is 7. The van der Waals surface area contributed by atoms with Gasteiger partial charge < -0.3 is 24.8 Å². The second kappa shape index (κ2) is 9.54. The van der Waals surface area contributed by atoms with Gasteiger partial charge in [0.1, 0.15) is 11.5 Å². The second-order valence-corrected chi connectivity index (χ2v) is 9.22. The second-order valence-electron chi connectivity index (χ2n) is 9.22. The molecule has 0 radical (unpaired) electrons. The molecule has 1 saturated carbocycles. The number of anilines is 3. The molecule has 10 heteroatoms. The van der Waals surface area contributed by atoms with E-state index in [1.807, 2.05) is 18.5 Å². The number of imidazole rings is 1. The molecule has 0 bridgehead atoms. The number of benzene rings is 1. The maximum atomic E-state index is 11.8. The number of amides is 1. The molecule has 1 aliphatic heterocycles. The Morgan fingerprint density at radius 1 is 1.08 bits per heavy atom. The largest absolute Gasteiger partial charge is 0.378 e. The van der Waals surface area contributed by atoms with E-state index in [9.17, 15) is 4.79 Å². The van der Waals surface area contributed by atoms with Crippen LogP contribution < -0.4 is 15.5 Å². The van der Waals surface area contributed by atoms with E-state index in [0.29, 0.717) is 30.7 Å². The van der Waals surface area contributed by atoms with Gasteiger partial charge in [0.05, 0.1) is 48.2 Å². The summed E-state index contributed by atoms with van der Waals surface area (Å²) >= 11 is 0. The molecule has 0 unspecified atom stereocenters. The summed E-state index contributed by atoms with van der Waals surface area (Å²) in [5.41, 5.74) is 4.98. The Hall–Kier alpha value is -4.05. The van der Waals surface area contributed by atoms with Crippen molar-refractivity contribution in [1.29, 1.82) is 0 Å². The van der Waals surface area contributed by atoms with Crippen molar-refractivity contribution in [2.45, 2.75) is 19.4 Å². The van der Waals surface area contributed by atoms with Crippen LogP contribution in [0.4, 0.5) is 17.5 Å². The molecule has 184 valence electrons. The van der Waals surface area contributed by atoms with Crippen molar-refractivity contribution < 1.29 is 9.53 Å². The van der Waals surface area contributed by atoms with Crippen LogP contribution in [0.3, 0.4) is 0 Å². The minimum absolute atomic E-state index is 0.226. The SMILES string of the molecule is CNC(=O)c1ccc(Nc2cc(-c3ccc4c(c3)ncn4CC3CC3)nc(N3CCOCC3)n2)cn1. The van der Waals surface area contributed by atoms with Crippen LogP contribution in [0.5, 0.6) is 0 Å². The van der Waals surface area contributed by atoms with Crippen LogP contribution in [0.1, 0.15) is 23.3 Å². The quantitative estimate of drug-likeness (QED) is 0.411. The minimum Gasteiger partial charge on any atom is -0.378 e. The molecule has 4 aromatic rings. The van der Waals surface area contributed by atoms with Crippen molar-refractivity contribution in [3.63, 3.8) is 0 Å². The molecule has 2 aliphatic rings. The number of hydrogen-bond acceptors (Lipinski definition) is 8. The number of aromatic nitrogens is 5. The number of carbonyl (C=O) groups is 1. The molecule has 0 atom stereocenters. The summed E-state index contributed by atoms with van der Waals surface area (Å²) in [5.74, 6) is 1.85. The number of morpholine rings is 1. The van der Waals surface area contributed by atoms with Crippen molar-refractivity contribution in [3.8, 4) is 11.3 Å². The Morgan fingerprint density at radius 2 is 1.94 bits per heavy atom. The molecule has 2 fully saturated rings. The molecular formula is C26H28N8O2. The Labute approximate surface area is 208 Å². The lowest BCUT2D eigenvalue weighted by Crippen LogP contribution is -2.37. The summed E-state index contributed by atoms with van der Waals surface area (Å²) in [7, 11) is 1.58. The third-order valence-corrected chi connectivity index (χ3v) is 6.57. The van der Waals surface area contributed by atoms with Crippen LogP contribution >= 0.6 is 0 Å². The molecule has 36 heavy (non-hydrogen) atoms. The van der Waals surface area contributed by atoms with E-state index in [1.54, 1.807) is 19.3 Å². The fourth-order valence-electron chi connectivity index (χ4n) is 4.38. The van der Waals surface area contributed by atoms with E-state index in [4.69, 9.17) is 14.7 Å². The van der Waals surface area contributed by atoms with Crippen LogP contribution in [-0.2, 0) is 11.3 Å². The summed E-state index contributed by atoms with van der Waals surface area (Å²) < 4.78 is 7.77. The summed E-state index contributed by atoms with van der Waals surface area (Å²) in [5, 5.41) is 5.91. The molecule has 6 rings (SSSR count). The van der Waals surface area contributed by atoms with Gasteiger partial charge in [0.2, 0.25) is 5.95 Å². The standard InChI is InChI=1S/C26H28N8O2/c1-27-25(35)20-6-5-19(14-28-20)30-24-13-21(31-26(32-24)33-8-10-36-11-9-33)18-4-7-23-22(12-18)29-16-34(23)15-17-2-3-17/h4-7,12-14,16-17H,2-3,8-11,15H2,1H3,(H,27,35)(H,30,31,32). The number of hydrogen-bond donors (Lipinski definition) is 2. The van der Waals surface area contributed by atoms with Gasteiger partial charge in [-0.15, -0.1) is 0 Å². The molecule has 0 spiro atoms. The Morgan fingerprint density at radius 3 is 2.69 bits per heavy atom. The number of fused-ring (bicyclic) bond motifs is 1. The molecule has 1 amide bonds. The van der Waals surface area contributed by atoms with Crippen LogP contribution in [0, 0.1) is 5.92 Å². The molecule has 1 aliphatic carbocycles. The van der Waals surface area contributed by atoms with Gasteiger partial charge in [0.25, 0.3) is 5.91 Å². The van der Waals surface area contributed by atoms with Gasteiger partial charge in [-0.25, -0.2) is 15.0 Å². The molecule has 2 N–H and O–H groups in total. The van der Waals surface area contributed by atoms with Gasteiger partial charge in [-0.3, -0.25) is 4.79 Å². The first-order chi connectivity index (χ1) is 17.7. The van der Waals surface area contributed by atoms with E-state index in [0.717, 1.165) is 53.5 Å². The molecule has 4 heterocycles. The van der Waals surface area contributed by atoms with Crippen molar-refractivity contribution in [2.75, 3.05) is 43.6 Å². The van der Waals surface area contributed by atoms with Gasteiger partial charge in [0.15, 0.2) is 0 Å². The Balaban J connectivity index is 1.33. The van der Waals surface area contributed by atoms with E-state index < -0.39 is 0 Å². The number of carbonyl (C=O) groups excluding carboxylic acids is 1. The summed E-state index contributed by atoms with van der Waals surface area (Å²) in [4.78, 5) is 32.5. The summed E-state index contributed by atoms with van der Waals surface area (Å²) in [6.45, 7) is 3.79. The maximum absolute atomic E-state index is 11.8. The van der Waals surface area contributed by atoms with Crippen LogP contribution in [0.2, 0.25) is 0 Å². The first kappa shape index (κ1) is 22.4. The number of pyridine rings is 1. The van der Waals surface area contributed by atoms with E-state index >= 15 is 0 Å². The fraction of sp³-hybridized carbons (Fsp3) is 0.346. The highest BCUT2D eigenvalue weighted by Crippen LogP contribution is 2.32. The van der Waals surface area contributed by atoms with Crippen LogP contribution in [0.25, 0.3) is 22.3 Å². The van der Waals surface area contributed by atoms with Crippen molar-refractivity contribution in [2.24, 2.45) is 5.92 Å². The van der Waals surface area contributed by atoms with Gasteiger partial charge in [-0.2, -0.15) is 4.98 Å².